The summed E-state index contributed by atoms with van der Waals surface area (Å²) in [5.74, 6) is 0.740. The average Bonchev–Trinajstić information content (AvgIpc) is 2.79. The van der Waals surface area contributed by atoms with Crippen LogP contribution in [0.3, 0.4) is 0 Å². The third-order valence-electron chi connectivity index (χ3n) is 2.97. The summed E-state index contributed by atoms with van der Waals surface area (Å²) >= 11 is 0. The van der Waals surface area contributed by atoms with E-state index < -0.39 is 10.0 Å². The Morgan fingerprint density at radius 2 is 2.05 bits per heavy atom. The summed E-state index contributed by atoms with van der Waals surface area (Å²) in [4.78, 5) is 0. The second-order valence-corrected chi connectivity index (χ2v) is 6.77. The zero-order valence-electron chi connectivity index (χ0n) is 11.2. The summed E-state index contributed by atoms with van der Waals surface area (Å²) in [6.07, 6.45) is 1.83. The van der Waals surface area contributed by atoms with E-state index in [-0.39, 0.29) is 17.7 Å². The molecule has 2 aromatic rings. The maximum absolute atomic E-state index is 11.8. The third kappa shape index (κ3) is 2.93. The Balaban J connectivity index is 2.45. The molecule has 0 saturated heterocycles. The molecule has 0 aliphatic rings. The van der Waals surface area contributed by atoms with Crippen molar-refractivity contribution in [2.75, 3.05) is 5.75 Å². The van der Waals surface area contributed by atoms with Gasteiger partial charge in [-0.05, 0) is 25.0 Å². The Labute approximate surface area is 112 Å². The molecule has 1 atom stereocenters. The van der Waals surface area contributed by atoms with E-state index in [2.05, 4.69) is 14.9 Å². The van der Waals surface area contributed by atoms with Gasteiger partial charge in [-0.1, -0.05) is 19.9 Å². The monoisotopic (exact) mass is 282 g/mol. The van der Waals surface area contributed by atoms with E-state index >= 15 is 0 Å². The van der Waals surface area contributed by atoms with Gasteiger partial charge in [-0.15, -0.1) is 10.2 Å². The van der Waals surface area contributed by atoms with Crippen LogP contribution < -0.4 is 4.72 Å². The second kappa shape index (κ2) is 5.26. The minimum Gasteiger partial charge on any atom is -0.285 e. The molecule has 19 heavy (non-hydrogen) atoms. The van der Waals surface area contributed by atoms with Gasteiger partial charge in [0.25, 0.3) is 0 Å². The molecule has 0 spiro atoms. The van der Waals surface area contributed by atoms with Crippen LogP contribution >= 0.6 is 0 Å². The molecule has 0 radical (unpaired) electrons. The number of nitrogens with zero attached hydrogens (tertiary/aromatic N) is 3. The Morgan fingerprint density at radius 1 is 1.32 bits per heavy atom. The number of sulfonamides is 1. The number of hydrogen-bond acceptors (Lipinski definition) is 4. The smallest absolute Gasteiger partial charge is 0.211 e. The number of nitrogens with one attached hydrogen (secondary N) is 1. The Morgan fingerprint density at radius 3 is 2.68 bits per heavy atom. The Kier molecular flexibility index (Phi) is 3.86. The van der Waals surface area contributed by atoms with E-state index in [0.717, 1.165) is 0 Å². The minimum absolute atomic E-state index is 0.0486. The van der Waals surface area contributed by atoms with Crippen LogP contribution in [0.15, 0.2) is 24.4 Å². The summed E-state index contributed by atoms with van der Waals surface area (Å²) in [5.41, 5.74) is 0.707. The van der Waals surface area contributed by atoms with Gasteiger partial charge in [0.2, 0.25) is 10.0 Å². The number of aromatic nitrogens is 3. The lowest BCUT2D eigenvalue weighted by molar-refractivity contribution is 0.441. The van der Waals surface area contributed by atoms with Crippen molar-refractivity contribution >= 4 is 15.7 Å². The van der Waals surface area contributed by atoms with Crippen LogP contribution in [0.4, 0.5) is 0 Å². The molecule has 0 fully saturated rings. The van der Waals surface area contributed by atoms with Crippen molar-refractivity contribution in [2.24, 2.45) is 5.92 Å². The molecule has 0 saturated carbocycles. The molecular formula is C12H18N4O2S. The number of fused-ring (bicyclic) bond motifs is 1. The average molecular weight is 282 g/mol. The second-order valence-electron chi connectivity index (χ2n) is 4.73. The number of pyridine rings is 1. The first-order valence-corrected chi connectivity index (χ1v) is 7.89. The van der Waals surface area contributed by atoms with Gasteiger partial charge in [-0.25, -0.2) is 13.1 Å². The summed E-state index contributed by atoms with van der Waals surface area (Å²) < 4.78 is 28.0. The lowest BCUT2D eigenvalue weighted by Gasteiger charge is -2.20. The third-order valence-corrected chi connectivity index (χ3v) is 4.34. The van der Waals surface area contributed by atoms with E-state index in [1.807, 2.05) is 42.6 Å². The molecular weight excluding hydrogens is 264 g/mol. The summed E-state index contributed by atoms with van der Waals surface area (Å²) in [5, 5.41) is 8.18. The number of rotatable bonds is 5. The molecule has 0 aliphatic heterocycles. The van der Waals surface area contributed by atoms with E-state index in [1.54, 1.807) is 6.92 Å². The van der Waals surface area contributed by atoms with E-state index in [1.165, 1.54) is 0 Å². The van der Waals surface area contributed by atoms with Crippen LogP contribution in [0.2, 0.25) is 0 Å². The largest absolute Gasteiger partial charge is 0.285 e. The van der Waals surface area contributed by atoms with Gasteiger partial charge in [0.15, 0.2) is 11.5 Å². The van der Waals surface area contributed by atoms with Gasteiger partial charge >= 0.3 is 0 Å². The highest BCUT2D eigenvalue weighted by molar-refractivity contribution is 7.89. The molecule has 6 nitrogen and oxygen atoms in total. The van der Waals surface area contributed by atoms with Crippen molar-refractivity contribution in [3.05, 3.63) is 30.2 Å². The highest BCUT2D eigenvalue weighted by atomic mass is 32.2. The van der Waals surface area contributed by atoms with E-state index in [9.17, 15) is 8.42 Å². The van der Waals surface area contributed by atoms with Gasteiger partial charge in [-0.2, -0.15) is 0 Å². The molecule has 7 heteroatoms. The first-order valence-electron chi connectivity index (χ1n) is 6.24. The first kappa shape index (κ1) is 14.0. The van der Waals surface area contributed by atoms with E-state index in [0.29, 0.717) is 11.5 Å². The van der Waals surface area contributed by atoms with Crippen molar-refractivity contribution in [1.29, 1.82) is 0 Å². The molecule has 0 aromatic carbocycles. The zero-order chi connectivity index (χ0) is 14.0. The van der Waals surface area contributed by atoms with E-state index in [4.69, 9.17) is 0 Å². The standard InChI is InChI=1S/C12H18N4O2S/c1-4-19(17,18)15-11(9(2)3)12-14-13-10-7-5-6-8-16(10)12/h5-9,11,15H,4H2,1-3H3/t11-/m1/s1. The fourth-order valence-electron chi connectivity index (χ4n) is 1.84. The molecule has 0 unspecified atom stereocenters. The van der Waals surface area contributed by atoms with Crippen LogP contribution in [0.25, 0.3) is 5.65 Å². The zero-order valence-corrected chi connectivity index (χ0v) is 12.1. The predicted molar refractivity (Wildman–Crippen MR) is 73.2 cm³/mol. The van der Waals surface area contributed by atoms with Gasteiger partial charge < -0.3 is 0 Å². The van der Waals surface area contributed by atoms with Crippen LogP contribution in [0.1, 0.15) is 32.6 Å². The lowest BCUT2D eigenvalue weighted by Crippen LogP contribution is -2.34. The van der Waals surface area contributed by atoms with Crippen molar-refractivity contribution < 1.29 is 8.42 Å². The normalized spacial score (nSPS) is 14.1. The van der Waals surface area contributed by atoms with Crippen molar-refractivity contribution in [2.45, 2.75) is 26.8 Å². The molecule has 104 valence electrons. The molecule has 0 bridgehead atoms. The van der Waals surface area contributed by atoms with Crippen molar-refractivity contribution in [3.63, 3.8) is 0 Å². The SMILES string of the molecule is CCS(=O)(=O)N[C@@H](c1nnc2ccccn12)C(C)C. The van der Waals surface area contributed by atoms with Crippen LogP contribution in [0.5, 0.6) is 0 Å². The Bertz CT molecular complexity index is 663. The predicted octanol–water partition coefficient (Wildman–Crippen LogP) is 1.37. The summed E-state index contributed by atoms with van der Waals surface area (Å²) in [6, 6.07) is 5.18. The van der Waals surface area contributed by atoms with Gasteiger partial charge in [-0.3, -0.25) is 4.40 Å². The molecule has 2 rings (SSSR count). The molecule has 0 amide bonds. The minimum atomic E-state index is -3.29. The highest BCUT2D eigenvalue weighted by Gasteiger charge is 2.25. The van der Waals surface area contributed by atoms with Gasteiger partial charge in [0.05, 0.1) is 11.8 Å². The van der Waals surface area contributed by atoms with Gasteiger partial charge in [0, 0.05) is 6.20 Å². The number of hydrogen-bond donors (Lipinski definition) is 1. The fourth-order valence-corrected chi connectivity index (χ4v) is 2.77. The summed E-state index contributed by atoms with van der Waals surface area (Å²) in [6.45, 7) is 5.52. The Hall–Kier alpha value is -1.47. The highest BCUT2D eigenvalue weighted by Crippen LogP contribution is 2.21. The van der Waals surface area contributed by atoms with Crippen LogP contribution in [-0.2, 0) is 10.0 Å². The summed E-state index contributed by atoms with van der Waals surface area (Å²) in [7, 11) is -3.29. The van der Waals surface area contributed by atoms with Crippen molar-refractivity contribution in [1.82, 2.24) is 19.3 Å². The van der Waals surface area contributed by atoms with Crippen LogP contribution in [-0.4, -0.2) is 28.8 Å². The molecule has 2 heterocycles. The maximum Gasteiger partial charge on any atom is 0.211 e. The van der Waals surface area contributed by atoms with Crippen molar-refractivity contribution in [3.8, 4) is 0 Å². The molecule has 1 N–H and O–H groups in total. The van der Waals surface area contributed by atoms with Crippen LogP contribution in [0, 0.1) is 5.92 Å². The quantitative estimate of drug-likeness (QED) is 0.898. The topological polar surface area (TPSA) is 76.4 Å². The molecule has 2 aromatic heterocycles. The molecule has 0 aliphatic carbocycles. The first-order chi connectivity index (χ1) is 8.94. The van der Waals surface area contributed by atoms with Gasteiger partial charge in [0.1, 0.15) is 0 Å². The fraction of sp³-hybridized carbons (Fsp3) is 0.500. The lowest BCUT2D eigenvalue weighted by atomic mass is 10.1. The maximum atomic E-state index is 11.8.